The summed E-state index contributed by atoms with van der Waals surface area (Å²) >= 11 is 0. The monoisotopic (exact) mass is 349 g/mol. The molecule has 2 atom stereocenters. The summed E-state index contributed by atoms with van der Waals surface area (Å²) in [6.07, 6.45) is 8.88. The fraction of sp³-hybridized carbons (Fsp3) is 1.00. The Morgan fingerprint density at radius 2 is 1.44 bits per heavy atom. The van der Waals surface area contributed by atoms with E-state index >= 15 is 0 Å². The van der Waals surface area contributed by atoms with Gasteiger partial charge in [0, 0.05) is 44.8 Å². The quantitative estimate of drug-likeness (QED) is 0.744. The number of nitrogens with zero attached hydrogens (tertiary/aromatic N) is 3. The van der Waals surface area contributed by atoms with Crippen LogP contribution < -0.4 is 0 Å². The van der Waals surface area contributed by atoms with Gasteiger partial charge in [-0.25, -0.2) is 0 Å². The van der Waals surface area contributed by atoms with Crippen LogP contribution in [0.1, 0.15) is 66.2 Å². The highest BCUT2D eigenvalue weighted by Gasteiger charge is 2.34. The summed E-state index contributed by atoms with van der Waals surface area (Å²) < 4.78 is 0. The average Bonchev–Trinajstić information content (AvgIpc) is 2.62. The predicted molar refractivity (Wildman–Crippen MR) is 108 cm³/mol. The zero-order chi connectivity index (χ0) is 17.8. The molecule has 3 heteroatoms. The Bertz CT molecular complexity index is 379. The van der Waals surface area contributed by atoms with E-state index in [2.05, 4.69) is 42.4 Å². The van der Waals surface area contributed by atoms with E-state index in [1.54, 1.807) is 0 Å². The lowest BCUT2D eigenvalue weighted by atomic mass is 9.73. The van der Waals surface area contributed by atoms with Crippen molar-refractivity contribution in [3.63, 3.8) is 0 Å². The Morgan fingerprint density at radius 3 is 2.04 bits per heavy atom. The number of hydrogen-bond donors (Lipinski definition) is 0. The molecule has 0 spiro atoms. The second-order valence-corrected chi connectivity index (χ2v) is 9.78. The Morgan fingerprint density at radius 1 is 0.760 bits per heavy atom. The van der Waals surface area contributed by atoms with Gasteiger partial charge in [-0.05, 0) is 70.4 Å². The molecule has 0 aromatic carbocycles. The van der Waals surface area contributed by atoms with Crippen LogP contribution in [0.2, 0.25) is 0 Å². The summed E-state index contributed by atoms with van der Waals surface area (Å²) in [5, 5.41) is 0. The molecule has 25 heavy (non-hydrogen) atoms. The van der Waals surface area contributed by atoms with Crippen molar-refractivity contribution in [2.75, 3.05) is 45.8 Å². The second kappa shape index (κ2) is 9.19. The lowest BCUT2D eigenvalue weighted by Crippen LogP contribution is -2.53. The first-order chi connectivity index (χ1) is 12.0. The molecule has 3 nitrogen and oxygen atoms in total. The highest BCUT2D eigenvalue weighted by molar-refractivity contribution is 4.88. The van der Waals surface area contributed by atoms with Crippen molar-refractivity contribution in [3.05, 3.63) is 0 Å². The van der Waals surface area contributed by atoms with Crippen molar-refractivity contribution in [2.24, 2.45) is 17.8 Å². The molecule has 1 aliphatic carbocycles. The zero-order valence-corrected chi connectivity index (χ0v) is 17.4. The fourth-order valence-corrected chi connectivity index (χ4v) is 5.70. The molecule has 0 bridgehead atoms. The van der Waals surface area contributed by atoms with Crippen molar-refractivity contribution in [1.29, 1.82) is 0 Å². The van der Waals surface area contributed by atoms with E-state index in [4.69, 9.17) is 0 Å². The van der Waals surface area contributed by atoms with Crippen LogP contribution in [0.3, 0.4) is 0 Å². The molecule has 0 radical (unpaired) electrons. The Labute approximate surface area is 157 Å². The summed E-state index contributed by atoms with van der Waals surface area (Å²) in [5.74, 6) is 2.85. The van der Waals surface area contributed by atoms with Crippen LogP contribution in [0.25, 0.3) is 0 Å². The topological polar surface area (TPSA) is 9.72 Å². The van der Waals surface area contributed by atoms with Crippen molar-refractivity contribution in [3.8, 4) is 0 Å². The molecule has 0 N–H and O–H groups in total. The van der Waals surface area contributed by atoms with E-state index in [-0.39, 0.29) is 0 Å². The SMILES string of the molecule is CC(C)CN1CCC(C2CCCC(N3CCN(C(C)C)CC3)C2)CC1. The van der Waals surface area contributed by atoms with Gasteiger partial charge in [-0.3, -0.25) is 9.80 Å². The lowest BCUT2D eigenvalue weighted by Gasteiger charge is -2.45. The van der Waals surface area contributed by atoms with E-state index in [9.17, 15) is 0 Å². The van der Waals surface area contributed by atoms with Crippen molar-refractivity contribution in [2.45, 2.75) is 78.3 Å². The molecular weight excluding hydrogens is 306 g/mol. The molecule has 3 aliphatic rings. The van der Waals surface area contributed by atoms with E-state index < -0.39 is 0 Å². The fourth-order valence-electron chi connectivity index (χ4n) is 5.70. The van der Waals surface area contributed by atoms with Crippen LogP contribution in [-0.2, 0) is 0 Å². The molecule has 1 saturated carbocycles. The highest BCUT2D eigenvalue weighted by atomic mass is 15.3. The maximum Gasteiger partial charge on any atom is 0.0113 e. The summed E-state index contributed by atoms with van der Waals surface area (Å²) in [7, 11) is 0. The van der Waals surface area contributed by atoms with Crippen molar-refractivity contribution in [1.82, 2.24) is 14.7 Å². The van der Waals surface area contributed by atoms with Crippen LogP contribution in [0, 0.1) is 17.8 Å². The Hall–Kier alpha value is -0.120. The average molecular weight is 350 g/mol. The molecule has 3 fully saturated rings. The Balaban J connectivity index is 1.44. The van der Waals surface area contributed by atoms with Gasteiger partial charge >= 0.3 is 0 Å². The first-order valence-corrected chi connectivity index (χ1v) is 11.2. The van der Waals surface area contributed by atoms with Gasteiger partial charge in [0.15, 0.2) is 0 Å². The standard InChI is InChI=1S/C22H43N3/c1-18(2)17-23-10-8-20(9-11-23)21-6-5-7-22(16-21)25-14-12-24(13-15-25)19(3)4/h18-22H,5-17H2,1-4H3. The molecule has 2 aliphatic heterocycles. The van der Waals surface area contributed by atoms with Gasteiger partial charge in [-0.1, -0.05) is 26.7 Å². The van der Waals surface area contributed by atoms with E-state index in [0.29, 0.717) is 0 Å². The van der Waals surface area contributed by atoms with Gasteiger partial charge in [0.1, 0.15) is 0 Å². The molecule has 0 amide bonds. The smallest absolute Gasteiger partial charge is 0.0113 e. The molecule has 2 heterocycles. The minimum absolute atomic E-state index is 0.720. The molecular formula is C22H43N3. The summed E-state index contributed by atoms with van der Waals surface area (Å²) in [5.41, 5.74) is 0. The van der Waals surface area contributed by atoms with Gasteiger partial charge in [0.25, 0.3) is 0 Å². The van der Waals surface area contributed by atoms with E-state index in [1.807, 2.05) is 0 Å². The Kier molecular flexibility index (Phi) is 7.22. The summed E-state index contributed by atoms with van der Waals surface area (Å²) in [4.78, 5) is 8.22. The van der Waals surface area contributed by atoms with Gasteiger partial charge in [0.2, 0.25) is 0 Å². The van der Waals surface area contributed by atoms with E-state index in [1.165, 1.54) is 84.3 Å². The highest BCUT2D eigenvalue weighted by Crippen LogP contribution is 2.37. The third-order valence-electron chi connectivity index (χ3n) is 7.20. The lowest BCUT2D eigenvalue weighted by molar-refractivity contribution is 0.0366. The maximum absolute atomic E-state index is 2.85. The maximum atomic E-state index is 2.85. The first-order valence-electron chi connectivity index (χ1n) is 11.2. The molecule has 0 aromatic rings. The third kappa shape index (κ3) is 5.43. The van der Waals surface area contributed by atoms with Crippen LogP contribution in [0.5, 0.6) is 0 Å². The molecule has 146 valence electrons. The summed E-state index contributed by atoms with van der Waals surface area (Å²) in [6, 6.07) is 1.61. The molecule has 2 unspecified atom stereocenters. The molecule has 2 saturated heterocycles. The molecule has 0 aromatic heterocycles. The largest absolute Gasteiger partial charge is 0.303 e. The van der Waals surface area contributed by atoms with Crippen molar-refractivity contribution < 1.29 is 0 Å². The van der Waals surface area contributed by atoms with Crippen LogP contribution in [0.15, 0.2) is 0 Å². The number of likely N-dealkylation sites (tertiary alicyclic amines) is 1. The minimum Gasteiger partial charge on any atom is -0.303 e. The predicted octanol–water partition coefficient (Wildman–Crippen LogP) is 3.94. The minimum atomic E-state index is 0.720. The zero-order valence-electron chi connectivity index (χ0n) is 17.4. The van der Waals surface area contributed by atoms with Gasteiger partial charge in [-0.2, -0.15) is 0 Å². The van der Waals surface area contributed by atoms with Crippen LogP contribution in [0.4, 0.5) is 0 Å². The van der Waals surface area contributed by atoms with Crippen LogP contribution in [-0.4, -0.2) is 72.6 Å². The number of piperidine rings is 1. The first kappa shape index (κ1) is 19.6. The summed E-state index contributed by atoms with van der Waals surface area (Å²) in [6.45, 7) is 18.6. The second-order valence-electron chi connectivity index (χ2n) is 9.78. The van der Waals surface area contributed by atoms with Crippen molar-refractivity contribution >= 4 is 0 Å². The number of hydrogen-bond acceptors (Lipinski definition) is 3. The van der Waals surface area contributed by atoms with Gasteiger partial charge < -0.3 is 4.90 Å². The van der Waals surface area contributed by atoms with E-state index in [0.717, 1.165) is 29.8 Å². The van der Waals surface area contributed by atoms with Gasteiger partial charge in [-0.15, -0.1) is 0 Å². The number of rotatable bonds is 5. The van der Waals surface area contributed by atoms with Crippen LogP contribution >= 0.6 is 0 Å². The number of piperazine rings is 1. The third-order valence-corrected chi connectivity index (χ3v) is 7.20. The molecule has 3 rings (SSSR count). The van der Waals surface area contributed by atoms with Gasteiger partial charge in [0.05, 0.1) is 0 Å². The normalized spacial score (nSPS) is 31.9.